The zero-order chi connectivity index (χ0) is 9.97. The average molecular weight is 233 g/mol. The minimum atomic E-state index is -0.118. The number of carbonyl (C=O) groups is 1. The number of amides is 1. The lowest BCUT2D eigenvalue weighted by molar-refractivity contribution is -0.123. The van der Waals surface area contributed by atoms with E-state index in [0.29, 0.717) is 6.04 Å². The lowest BCUT2D eigenvalue weighted by atomic mass is 9.93. The molecule has 0 spiro atoms. The molecule has 1 heterocycles. The highest BCUT2D eigenvalue weighted by atomic mass is 35.5. The van der Waals surface area contributed by atoms with Gasteiger partial charge in [-0.25, -0.2) is 0 Å². The van der Waals surface area contributed by atoms with Crippen LogP contribution in [0.1, 0.15) is 44.9 Å². The highest BCUT2D eigenvalue weighted by Crippen LogP contribution is 2.28. The molecule has 3 nitrogen and oxygen atoms in total. The van der Waals surface area contributed by atoms with Gasteiger partial charge in [0.05, 0.1) is 6.04 Å². The lowest BCUT2D eigenvalue weighted by Gasteiger charge is -2.34. The summed E-state index contributed by atoms with van der Waals surface area (Å²) in [7, 11) is 0. The fourth-order valence-corrected chi connectivity index (χ4v) is 2.94. The van der Waals surface area contributed by atoms with Gasteiger partial charge in [0.15, 0.2) is 0 Å². The summed E-state index contributed by atoms with van der Waals surface area (Å²) in [5.74, 6) is -0.118. The molecular formula is C11H21ClN2O. The third-order valence-corrected chi connectivity index (χ3v) is 3.67. The molecule has 0 aromatic carbocycles. The Balaban J connectivity index is 0.00000112. The van der Waals surface area contributed by atoms with E-state index in [1.54, 1.807) is 0 Å². The number of rotatable bonds is 2. The molecule has 2 fully saturated rings. The Bertz CT molecular complexity index is 217. The first-order chi connectivity index (χ1) is 6.79. The molecule has 0 aromatic heterocycles. The third-order valence-electron chi connectivity index (χ3n) is 3.67. The molecular weight excluding hydrogens is 212 g/mol. The zero-order valence-corrected chi connectivity index (χ0v) is 9.97. The highest BCUT2D eigenvalue weighted by Gasteiger charge is 2.34. The SMILES string of the molecule is Cl.NC(=O)[C@@H]1CCCN1C1CCCCC1. The molecule has 0 radical (unpaired) electrons. The number of primary amides is 1. The monoisotopic (exact) mass is 232 g/mol. The number of nitrogens with zero attached hydrogens (tertiary/aromatic N) is 1. The van der Waals surface area contributed by atoms with E-state index >= 15 is 0 Å². The van der Waals surface area contributed by atoms with Gasteiger partial charge in [-0.1, -0.05) is 19.3 Å². The Hall–Kier alpha value is -0.280. The Labute approximate surface area is 97.8 Å². The van der Waals surface area contributed by atoms with Crippen molar-refractivity contribution in [1.82, 2.24) is 4.90 Å². The van der Waals surface area contributed by atoms with Crippen molar-refractivity contribution in [3.05, 3.63) is 0 Å². The first-order valence-corrected chi connectivity index (χ1v) is 5.84. The molecule has 0 unspecified atom stereocenters. The Morgan fingerprint density at radius 1 is 1.07 bits per heavy atom. The van der Waals surface area contributed by atoms with E-state index in [1.165, 1.54) is 32.1 Å². The van der Waals surface area contributed by atoms with Crippen molar-refractivity contribution in [2.24, 2.45) is 5.73 Å². The van der Waals surface area contributed by atoms with Crippen LogP contribution in [0.5, 0.6) is 0 Å². The molecule has 0 bridgehead atoms. The standard InChI is InChI=1S/C11H20N2O.ClH/c12-11(14)10-7-4-8-13(10)9-5-2-1-3-6-9;/h9-10H,1-8H2,(H2,12,14);1H/t10-;/m0./s1. The van der Waals surface area contributed by atoms with Gasteiger partial charge >= 0.3 is 0 Å². The largest absolute Gasteiger partial charge is 0.368 e. The van der Waals surface area contributed by atoms with Gasteiger partial charge in [-0.2, -0.15) is 0 Å². The molecule has 1 aliphatic carbocycles. The topological polar surface area (TPSA) is 46.3 Å². The van der Waals surface area contributed by atoms with Crippen molar-refractivity contribution < 1.29 is 4.79 Å². The van der Waals surface area contributed by atoms with Crippen molar-refractivity contribution in [2.75, 3.05) is 6.54 Å². The van der Waals surface area contributed by atoms with Gasteiger partial charge in [-0.05, 0) is 32.2 Å². The fourth-order valence-electron chi connectivity index (χ4n) is 2.94. The van der Waals surface area contributed by atoms with Gasteiger partial charge in [-0.3, -0.25) is 9.69 Å². The summed E-state index contributed by atoms with van der Waals surface area (Å²) in [6, 6.07) is 0.682. The number of halogens is 1. The number of hydrogen-bond donors (Lipinski definition) is 1. The Kier molecular flexibility index (Phi) is 4.87. The summed E-state index contributed by atoms with van der Waals surface area (Å²) in [5.41, 5.74) is 5.41. The Morgan fingerprint density at radius 2 is 1.73 bits per heavy atom. The van der Waals surface area contributed by atoms with Crippen LogP contribution >= 0.6 is 12.4 Å². The van der Waals surface area contributed by atoms with Gasteiger partial charge in [0.25, 0.3) is 0 Å². The third kappa shape index (κ3) is 2.85. The molecule has 2 rings (SSSR count). The predicted molar refractivity (Wildman–Crippen MR) is 63.0 cm³/mol. The molecule has 15 heavy (non-hydrogen) atoms. The summed E-state index contributed by atoms with van der Waals surface area (Å²) < 4.78 is 0. The van der Waals surface area contributed by atoms with Crippen LogP contribution in [0.15, 0.2) is 0 Å². The molecule has 2 N–H and O–H groups in total. The van der Waals surface area contributed by atoms with E-state index in [0.717, 1.165) is 19.4 Å². The molecule has 1 amide bonds. The molecule has 88 valence electrons. The van der Waals surface area contributed by atoms with Crippen LogP contribution in [0.2, 0.25) is 0 Å². The summed E-state index contributed by atoms with van der Waals surface area (Å²) in [4.78, 5) is 13.6. The summed E-state index contributed by atoms with van der Waals surface area (Å²) in [6.45, 7) is 1.08. The van der Waals surface area contributed by atoms with E-state index in [9.17, 15) is 4.79 Å². The maximum atomic E-state index is 11.2. The maximum Gasteiger partial charge on any atom is 0.234 e. The van der Waals surface area contributed by atoms with E-state index in [1.807, 2.05) is 0 Å². The number of carbonyl (C=O) groups excluding carboxylic acids is 1. The van der Waals surface area contributed by atoms with Crippen molar-refractivity contribution >= 4 is 18.3 Å². The van der Waals surface area contributed by atoms with Crippen molar-refractivity contribution in [2.45, 2.75) is 57.0 Å². The number of nitrogens with two attached hydrogens (primary N) is 1. The van der Waals surface area contributed by atoms with E-state index < -0.39 is 0 Å². The van der Waals surface area contributed by atoms with Gasteiger partial charge in [0.2, 0.25) is 5.91 Å². The fraction of sp³-hybridized carbons (Fsp3) is 0.909. The van der Waals surface area contributed by atoms with E-state index in [-0.39, 0.29) is 24.4 Å². The van der Waals surface area contributed by atoms with Crippen LogP contribution in [0.4, 0.5) is 0 Å². The van der Waals surface area contributed by atoms with Gasteiger partial charge in [-0.15, -0.1) is 12.4 Å². The quantitative estimate of drug-likeness (QED) is 0.788. The van der Waals surface area contributed by atoms with Gasteiger partial charge in [0, 0.05) is 6.04 Å². The molecule has 1 saturated carbocycles. The molecule has 4 heteroatoms. The van der Waals surface area contributed by atoms with Crippen molar-refractivity contribution in [3.63, 3.8) is 0 Å². The second-order valence-corrected chi connectivity index (χ2v) is 4.59. The Morgan fingerprint density at radius 3 is 2.33 bits per heavy atom. The average Bonchev–Trinajstić information content (AvgIpc) is 2.67. The molecule has 1 saturated heterocycles. The normalized spacial score (nSPS) is 28.7. The minimum Gasteiger partial charge on any atom is -0.368 e. The number of hydrogen-bond acceptors (Lipinski definition) is 2. The summed E-state index contributed by atoms with van der Waals surface area (Å²) in [5, 5.41) is 0. The van der Waals surface area contributed by atoms with Crippen molar-refractivity contribution in [3.8, 4) is 0 Å². The molecule has 0 aromatic rings. The summed E-state index contributed by atoms with van der Waals surface area (Å²) >= 11 is 0. The van der Waals surface area contributed by atoms with Crippen LogP contribution in [0, 0.1) is 0 Å². The van der Waals surface area contributed by atoms with Crippen LogP contribution in [0.3, 0.4) is 0 Å². The second-order valence-electron chi connectivity index (χ2n) is 4.59. The van der Waals surface area contributed by atoms with E-state index in [2.05, 4.69) is 4.90 Å². The molecule has 2 aliphatic rings. The second kappa shape index (κ2) is 5.71. The maximum absolute atomic E-state index is 11.2. The molecule has 1 aliphatic heterocycles. The zero-order valence-electron chi connectivity index (χ0n) is 9.15. The highest BCUT2D eigenvalue weighted by molar-refractivity contribution is 5.85. The first-order valence-electron chi connectivity index (χ1n) is 5.84. The van der Waals surface area contributed by atoms with Crippen LogP contribution in [-0.4, -0.2) is 29.4 Å². The van der Waals surface area contributed by atoms with Crippen LogP contribution in [0.25, 0.3) is 0 Å². The predicted octanol–water partition coefficient (Wildman–Crippen LogP) is 1.69. The first kappa shape index (κ1) is 12.8. The lowest BCUT2D eigenvalue weighted by Crippen LogP contribution is -2.46. The smallest absolute Gasteiger partial charge is 0.234 e. The number of likely N-dealkylation sites (tertiary alicyclic amines) is 1. The van der Waals surface area contributed by atoms with Crippen molar-refractivity contribution in [1.29, 1.82) is 0 Å². The van der Waals surface area contributed by atoms with Crippen LogP contribution in [-0.2, 0) is 4.79 Å². The van der Waals surface area contributed by atoms with E-state index in [4.69, 9.17) is 5.73 Å². The van der Waals surface area contributed by atoms with Crippen LogP contribution < -0.4 is 5.73 Å². The molecule has 1 atom stereocenters. The van der Waals surface area contributed by atoms with Gasteiger partial charge < -0.3 is 5.73 Å². The minimum absolute atomic E-state index is 0. The summed E-state index contributed by atoms with van der Waals surface area (Å²) in [6.07, 6.45) is 8.67. The van der Waals surface area contributed by atoms with Gasteiger partial charge in [0.1, 0.15) is 0 Å².